The molecule has 0 bridgehead atoms. The molecule has 0 aliphatic rings. The predicted molar refractivity (Wildman–Crippen MR) is 56.7 cm³/mol. The number of aromatic nitrogens is 1. The molecule has 5 nitrogen and oxygen atoms in total. The Morgan fingerprint density at radius 3 is 2.87 bits per heavy atom. The highest BCUT2D eigenvalue weighted by molar-refractivity contribution is 7.89. The van der Waals surface area contributed by atoms with E-state index in [4.69, 9.17) is 5.11 Å². The highest BCUT2D eigenvalue weighted by Gasteiger charge is 2.09. The van der Waals surface area contributed by atoms with Crippen LogP contribution < -0.4 is 4.72 Å². The van der Waals surface area contributed by atoms with Gasteiger partial charge >= 0.3 is 0 Å². The molecule has 0 aliphatic carbocycles. The molecule has 0 aromatic carbocycles. The van der Waals surface area contributed by atoms with Gasteiger partial charge in [0.05, 0.1) is 12.4 Å². The van der Waals surface area contributed by atoms with Crippen molar-refractivity contribution in [3.8, 4) is 0 Å². The van der Waals surface area contributed by atoms with Crippen LogP contribution in [0, 0.1) is 6.92 Å². The first-order chi connectivity index (χ1) is 7.05. The first kappa shape index (κ1) is 12.1. The second kappa shape index (κ2) is 5.20. The molecule has 0 radical (unpaired) electrons. The van der Waals surface area contributed by atoms with E-state index >= 15 is 0 Å². The van der Waals surface area contributed by atoms with Gasteiger partial charge in [0.1, 0.15) is 0 Å². The summed E-state index contributed by atoms with van der Waals surface area (Å²) in [6.45, 7) is 1.73. The third-order valence-electron chi connectivity index (χ3n) is 1.98. The fraction of sp³-hybridized carbons (Fsp3) is 0.444. The second-order valence-electron chi connectivity index (χ2n) is 3.17. The first-order valence-electron chi connectivity index (χ1n) is 4.53. The first-order valence-corrected chi connectivity index (χ1v) is 6.18. The molecule has 0 fully saturated rings. The molecule has 1 aromatic heterocycles. The fourth-order valence-corrected chi connectivity index (χ4v) is 1.84. The van der Waals surface area contributed by atoms with Gasteiger partial charge in [-0.15, -0.1) is 0 Å². The maximum atomic E-state index is 11.2. The number of aliphatic hydroxyl groups excluding tert-OH is 1. The zero-order chi connectivity index (χ0) is 11.3. The van der Waals surface area contributed by atoms with Crippen LogP contribution >= 0.6 is 0 Å². The Kier molecular flexibility index (Phi) is 4.19. The van der Waals surface area contributed by atoms with Gasteiger partial charge in [-0.25, -0.2) is 13.1 Å². The Labute approximate surface area is 89.2 Å². The zero-order valence-corrected chi connectivity index (χ0v) is 9.29. The van der Waals surface area contributed by atoms with Crippen molar-refractivity contribution in [1.29, 1.82) is 0 Å². The van der Waals surface area contributed by atoms with Crippen molar-refractivity contribution >= 4 is 10.0 Å². The van der Waals surface area contributed by atoms with E-state index in [9.17, 15) is 8.42 Å². The summed E-state index contributed by atoms with van der Waals surface area (Å²) in [6.07, 6.45) is 3.29. The average molecular weight is 230 g/mol. The Morgan fingerprint density at radius 2 is 2.27 bits per heavy atom. The minimum Gasteiger partial charge on any atom is -0.395 e. The predicted octanol–water partition coefficient (Wildman–Crippen LogP) is -0.198. The lowest BCUT2D eigenvalue weighted by molar-refractivity contribution is 0.319. The van der Waals surface area contributed by atoms with E-state index in [0.717, 1.165) is 11.1 Å². The summed E-state index contributed by atoms with van der Waals surface area (Å²) in [5.41, 5.74) is 1.82. The molecule has 1 rings (SSSR count). The second-order valence-corrected chi connectivity index (χ2v) is 5.09. The van der Waals surface area contributed by atoms with E-state index in [1.807, 2.05) is 6.92 Å². The van der Waals surface area contributed by atoms with Crippen molar-refractivity contribution in [3.63, 3.8) is 0 Å². The van der Waals surface area contributed by atoms with Crippen LogP contribution in [0.4, 0.5) is 0 Å². The van der Waals surface area contributed by atoms with Gasteiger partial charge in [0.25, 0.3) is 0 Å². The van der Waals surface area contributed by atoms with E-state index in [0.29, 0.717) is 0 Å². The molecule has 0 amide bonds. The molecule has 0 saturated heterocycles. The highest BCUT2D eigenvalue weighted by Crippen LogP contribution is 2.04. The summed E-state index contributed by atoms with van der Waals surface area (Å²) >= 11 is 0. The van der Waals surface area contributed by atoms with Crippen LogP contribution in [0.1, 0.15) is 11.1 Å². The van der Waals surface area contributed by atoms with Crippen LogP contribution in [0.25, 0.3) is 0 Å². The van der Waals surface area contributed by atoms with Gasteiger partial charge in [-0.2, -0.15) is 0 Å². The van der Waals surface area contributed by atoms with Crippen molar-refractivity contribution in [3.05, 3.63) is 29.6 Å². The third-order valence-corrected chi connectivity index (χ3v) is 3.28. The Bertz CT molecular complexity index is 417. The largest absolute Gasteiger partial charge is 0.395 e. The van der Waals surface area contributed by atoms with Crippen molar-refractivity contribution in [2.24, 2.45) is 0 Å². The van der Waals surface area contributed by atoms with Crippen LogP contribution in [-0.2, 0) is 16.6 Å². The molecule has 1 heterocycles. The standard InChI is InChI=1S/C9H14N2O3S/c1-8-6-10-3-2-9(8)7-11-15(13,14)5-4-12/h2-3,6,11-12H,4-5,7H2,1H3. The van der Waals surface area contributed by atoms with Gasteiger partial charge in [0.2, 0.25) is 10.0 Å². The van der Waals surface area contributed by atoms with E-state index in [-0.39, 0.29) is 18.9 Å². The number of nitrogens with zero attached hydrogens (tertiary/aromatic N) is 1. The van der Waals surface area contributed by atoms with Gasteiger partial charge in [-0.3, -0.25) is 4.98 Å². The van der Waals surface area contributed by atoms with Gasteiger partial charge in [0, 0.05) is 18.9 Å². The van der Waals surface area contributed by atoms with Crippen molar-refractivity contribution in [2.45, 2.75) is 13.5 Å². The number of pyridine rings is 1. The quantitative estimate of drug-likeness (QED) is 0.734. The summed E-state index contributed by atoms with van der Waals surface area (Å²) in [5.74, 6) is -0.267. The number of hydrogen-bond donors (Lipinski definition) is 2. The lowest BCUT2D eigenvalue weighted by Gasteiger charge is -2.07. The molecular formula is C9H14N2O3S. The number of rotatable bonds is 5. The van der Waals surface area contributed by atoms with Crippen molar-refractivity contribution in [2.75, 3.05) is 12.4 Å². The molecule has 0 saturated carbocycles. The smallest absolute Gasteiger partial charge is 0.214 e. The summed E-state index contributed by atoms with van der Waals surface area (Å²) in [6, 6.07) is 1.76. The van der Waals surface area contributed by atoms with E-state index in [2.05, 4.69) is 9.71 Å². The molecule has 15 heavy (non-hydrogen) atoms. The van der Waals surface area contributed by atoms with Crippen LogP contribution in [0.3, 0.4) is 0 Å². The topological polar surface area (TPSA) is 79.3 Å². The van der Waals surface area contributed by atoms with Crippen LogP contribution in [0.15, 0.2) is 18.5 Å². The maximum absolute atomic E-state index is 11.2. The summed E-state index contributed by atoms with van der Waals surface area (Å²) < 4.78 is 24.9. The number of nitrogens with one attached hydrogen (secondary N) is 1. The molecule has 0 spiro atoms. The average Bonchev–Trinajstić information content (AvgIpc) is 2.16. The van der Waals surface area contributed by atoms with E-state index in [1.165, 1.54) is 0 Å². The van der Waals surface area contributed by atoms with E-state index < -0.39 is 10.0 Å². The normalized spacial score (nSPS) is 11.6. The molecular weight excluding hydrogens is 216 g/mol. The van der Waals surface area contributed by atoms with Gasteiger partial charge in [0.15, 0.2) is 0 Å². The lowest BCUT2D eigenvalue weighted by Crippen LogP contribution is -2.27. The van der Waals surface area contributed by atoms with Gasteiger partial charge < -0.3 is 5.11 Å². The number of aliphatic hydroxyl groups is 1. The molecule has 0 unspecified atom stereocenters. The Morgan fingerprint density at radius 1 is 1.53 bits per heavy atom. The van der Waals surface area contributed by atoms with Crippen LogP contribution in [0.5, 0.6) is 0 Å². The monoisotopic (exact) mass is 230 g/mol. The third kappa shape index (κ3) is 3.94. The molecule has 1 aromatic rings. The Hall–Kier alpha value is -0.980. The summed E-state index contributed by atoms with van der Waals surface area (Å²) in [7, 11) is -3.37. The summed E-state index contributed by atoms with van der Waals surface area (Å²) in [5, 5.41) is 8.52. The molecule has 0 aliphatic heterocycles. The lowest BCUT2D eigenvalue weighted by atomic mass is 10.2. The summed E-state index contributed by atoms with van der Waals surface area (Å²) in [4.78, 5) is 3.91. The van der Waals surface area contributed by atoms with Crippen LogP contribution in [0.2, 0.25) is 0 Å². The van der Waals surface area contributed by atoms with Crippen molar-refractivity contribution in [1.82, 2.24) is 9.71 Å². The van der Waals surface area contributed by atoms with Gasteiger partial charge in [-0.1, -0.05) is 0 Å². The van der Waals surface area contributed by atoms with Crippen LogP contribution in [-0.4, -0.2) is 30.9 Å². The number of sulfonamides is 1. The molecule has 84 valence electrons. The minimum absolute atomic E-state index is 0.233. The Balaban J connectivity index is 2.62. The maximum Gasteiger partial charge on any atom is 0.214 e. The fourth-order valence-electron chi connectivity index (χ4n) is 1.08. The minimum atomic E-state index is -3.37. The highest BCUT2D eigenvalue weighted by atomic mass is 32.2. The van der Waals surface area contributed by atoms with Gasteiger partial charge in [-0.05, 0) is 24.1 Å². The number of aryl methyl sites for hydroxylation is 1. The zero-order valence-electron chi connectivity index (χ0n) is 8.47. The molecule has 2 N–H and O–H groups in total. The van der Waals surface area contributed by atoms with E-state index in [1.54, 1.807) is 18.5 Å². The SMILES string of the molecule is Cc1cnccc1CNS(=O)(=O)CCO. The number of hydrogen-bond acceptors (Lipinski definition) is 4. The molecule has 0 atom stereocenters. The van der Waals surface area contributed by atoms with Crippen molar-refractivity contribution < 1.29 is 13.5 Å². The molecule has 6 heteroatoms.